The Morgan fingerprint density at radius 1 is 1.26 bits per heavy atom. The molecule has 2 rings (SSSR count). The van der Waals surface area contributed by atoms with Gasteiger partial charge in [-0.2, -0.15) is 0 Å². The van der Waals surface area contributed by atoms with Crippen LogP contribution in [0.3, 0.4) is 0 Å². The van der Waals surface area contributed by atoms with E-state index in [0.29, 0.717) is 6.42 Å². The van der Waals surface area contributed by atoms with Crippen LogP contribution in [-0.4, -0.2) is 17.8 Å². The molecule has 1 aliphatic rings. The first-order chi connectivity index (χ1) is 8.82. The van der Waals surface area contributed by atoms with Crippen molar-refractivity contribution in [1.82, 2.24) is 0 Å². The molecular weight excluding hydrogens is 248 g/mol. The van der Waals surface area contributed by atoms with Crippen LogP contribution in [0.4, 0.5) is 8.78 Å². The van der Waals surface area contributed by atoms with Crippen LogP contribution < -0.4 is 5.73 Å². The molecule has 1 aromatic rings. The van der Waals surface area contributed by atoms with Gasteiger partial charge in [0.2, 0.25) is 0 Å². The lowest BCUT2D eigenvalue weighted by atomic mass is 9.74. The fourth-order valence-corrected chi connectivity index (χ4v) is 3.20. The first kappa shape index (κ1) is 14.4. The molecule has 0 spiro atoms. The number of aliphatic hydroxyl groups excluding tert-OH is 1. The zero-order chi connectivity index (χ0) is 14.3. The van der Waals surface area contributed by atoms with E-state index in [9.17, 15) is 13.9 Å². The summed E-state index contributed by atoms with van der Waals surface area (Å²) in [4.78, 5) is 0. The van der Waals surface area contributed by atoms with Gasteiger partial charge in [0.25, 0.3) is 0 Å². The largest absolute Gasteiger partial charge is 0.392 e. The first-order valence-electron chi connectivity index (χ1n) is 6.63. The summed E-state index contributed by atoms with van der Waals surface area (Å²) < 4.78 is 27.5. The molecule has 0 aliphatic heterocycles. The Hall–Kier alpha value is -1.00. The van der Waals surface area contributed by atoms with Crippen LogP contribution in [0.5, 0.6) is 0 Å². The van der Waals surface area contributed by atoms with E-state index in [0.717, 1.165) is 6.42 Å². The monoisotopic (exact) mass is 269 g/mol. The van der Waals surface area contributed by atoms with Crippen LogP contribution in [0.25, 0.3) is 0 Å². The van der Waals surface area contributed by atoms with E-state index < -0.39 is 23.2 Å². The maximum absolute atomic E-state index is 13.8. The lowest BCUT2D eigenvalue weighted by Gasteiger charge is -2.36. The molecule has 0 heterocycles. The number of rotatable bonds is 3. The van der Waals surface area contributed by atoms with Crippen molar-refractivity contribution in [3.63, 3.8) is 0 Å². The molecule has 0 amide bonds. The third-order valence-corrected chi connectivity index (χ3v) is 4.58. The quantitative estimate of drug-likeness (QED) is 0.886. The number of hydrogen-bond acceptors (Lipinski definition) is 2. The number of aliphatic hydroxyl groups is 1. The molecule has 0 radical (unpaired) electrons. The van der Waals surface area contributed by atoms with Crippen molar-refractivity contribution in [2.24, 2.45) is 16.6 Å². The summed E-state index contributed by atoms with van der Waals surface area (Å²) in [5.41, 5.74) is 4.96. The molecule has 19 heavy (non-hydrogen) atoms. The Labute approximate surface area is 112 Å². The fourth-order valence-electron chi connectivity index (χ4n) is 3.20. The zero-order valence-electron chi connectivity index (χ0n) is 11.4. The first-order valence-corrected chi connectivity index (χ1v) is 6.63. The summed E-state index contributed by atoms with van der Waals surface area (Å²) in [6.45, 7) is 4.16. The Balaban J connectivity index is 2.35. The molecule has 1 saturated carbocycles. The van der Waals surface area contributed by atoms with Crippen LogP contribution in [0.15, 0.2) is 18.2 Å². The number of hydrogen-bond donors (Lipinski definition) is 2. The van der Waals surface area contributed by atoms with Crippen LogP contribution in [-0.2, 0) is 6.42 Å². The van der Waals surface area contributed by atoms with E-state index in [1.165, 1.54) is 18.2 Å². The van der Waals surface area contributed by atoms with E-state index in [2.05, 4.69) is 0 Å². The van der Waals surface area contributed by atoms with E-state index in [-0.39, 0.29) is 23.9 Å². The van der Waals surface area contributed by atoms with Crippen LogP contribution in [0.2, 0.25) is 0 Å². The molecule has 3 N–H and O–H groups in total. The number of halogens is 2. The minimum Gasteiger partial charge on any atom is -0.392 e. The Kier molecular flexibility index (Phi) is 3.67. The highest BCUT2D eigenvalue weighted by Crippen LogP contribution is 2.50. The highest BCUT2D eigenvalue weighted by Gasteiger charge is 2.51. The summed E-state index contributed by atoms with van der Waals surface area (Å²) in [5, 5.41) is 10.5. The highest BCUT2D eigenvalue weighted by molar-refractivity contribution is 5.23. The molecule has 2 atom stereocenters. The third-order valence-electron chi connectivity index (χ3n) is 4.58. The van der Waals surface area contributed by atoms with E-state index in [1.54, 1.807) is 0 Å². The molecule has 1 aromatic carbocycles. The SMILES string of the molecule is CC1(C)CCC(CN)(Cc2c(F)cccc2F)C1O. The van der Waals surface area contributed by atoms with Crippen molar-refractivity contribution >= 4 is 0 Å². The predicted molar refractivity (Wildman–Crippen MR) is 70.6 cm³/mol. The summed E-state index contributed by atoms with van der Waals surface area (Å²) >= 11 is 0. The molecule has 0 saturated heterocycles. The normalized spacial score (nSPS) is 29.7. The van der Waals surface area contributed by atoms with E-state index in [4.69, 9.17) is 5.73 Å². The molecule has 4 heteroatoms. The van der Waals surface area contributed by atoms with Gasteiger partial charge in [-0.3, -0.25) is 0 Å². The van der Waals surface area contributed by atoms with Gasteiger partial charge in [-0.05, 0) is 36.8 Å². The van der Waals surface area contributed by atoms with Gasteiger partial charge in [0.1, 0.15) is 11.6 Å². The van der Waals surface area contributed by atoms with Crippen LogP contribution >= 0.6 is 0 Å². The number of benzene rings is 1. The average molecular weight is 269 g/mol. The fraction of sp³-hybridized carbons (Fsp3) is 0.600. The molecular formula is C15H21F2NO. The van der Waals surface area contributed by atoms with Crippen LogP contribution in [0, 0.1) is 22.5 Å². The Morgan fingerprint density at radius 3 is 2.26 bits per heavy atom. The van der Waals surface area contributed by atoms with E-state index in [1.807, 2.05) is 13.8 Å². The summed E-state index contributed by atoms with van der Waals surface area (Å²) in [5.74, 6) is -1.13. The molecule has 2 nitrogen and oxygen atoms in total. The summed E-state index contributed by atoms with van der Waals surface area (Å²) in [6.07, 6.45) is 0.989. The van der Waals surface area contributed by atoms with Gasteiger partial charge in [0.15, 0.2) is 0 Å². The smallest absolute Gasteiger partial charge is 0.129 e. The van der Waals surface area contributed by atoms with Gasteiger partial charge in [0.05, 0.1) is 6.10 Å². The van der Waals surface area contributed by atoms with Gasteiger partial charge in [-0.25, -0.2) is 8.78 Å². The molecule has 1 fully saturated rings. The van der Waals surface area contributed by atoms with Crippen LogP contribution in [0.1, 0.15) is 32.3 Å². The van der Waals surface area contributed by atoms with E-state index >= 15 is 0 Å². The highest BCUT2D eigenvalue weighted by atomic mass is 19.1. The zero-order valence-corrected chi connectivity index (χ0v) is 11.4. The second-order valence-corrected chi connectivity index (χ2v) is 6.33. The van der Waals surface area contributed by atoms with Crippen molar-refractivity contribution in [3.8, 4) is 0 Å². The lowest BCUT2D eigenvalue weighted by Crippen LogP contribution is -2.44. The molecule has 2 unspecified atom stereocenters. The van der Waals surface area contributed by atoms with Crippen molar-refractivity contribution in [3.05, 3.63) is 35.4 Å². The standard InChI is InChI=1S/C15H21F2NO/c1-14(2)6-7-15(9-18,13(14)19)8-10-11(16)4-3-5-12(10)17/h3-5,13,19H,6-9,18H2,1-2H3. The van der Waals surface area contributed by atoms with Crippen molar-refractivity contribution in [1.29, 1.82) is 0 Å². The van der Waals surface area contributed by atoms with Gasteiger partial charge >= 0.3 is 0 Å². The summed E-state index contributed by atoms with van der Waals surface area (Å²) in [6, 6.07) is 3.84. The second kappa shape index (κ2) is 4.84. The summed E-state index contributed by atoms with van der Waals surface area (Å²) in [7, 11) is 0. The van der Waals surface area contributed by atoms with Crippen molar-refractivity contribution in [2.45, 2.75) is 39.2 Å². The van der Waals surface area contributed by atoms with Gasteiger partial charge in [-0.15, -0.1) is 0 Å². The Morgan fingerprint density at radius 2 is 1.84 bits per heavy atom. The number of nitrogens with two attached hydrogens (primary N) is 1. The predicted octanol–water partition coefficient (Wildman–Crippen LogP) is 2.63. The topological polar surface area (TPSA) is 46.2 Å². The lowest BCUT2D eigenvalue weighted by molar-refractivity contribution is -0.00535. The van der Waals surface area contributed by atoms with Gasteiger partial charge < -0.3 is 10.8 Å². The minimum absolute atomic E-state index is 0.0321. The van der Waals surface area contributed by atoms with Gasteiger partial charge in [0, 0.05) is 17.5 Å². The maximum atomic E-state index is 13.8. The van der Waals surface area contributed by atoms with Crippen molar-refractivity contribution in [2.75, 3.05) is 6.54 Å². The second-order valence-electron chi connectivity index (χ2n) is 6.33. The van der Waals surface area contributed by atoms with Crippen molar-refractivity contribution < 1.29 is 13.9 Å². The molecule has 0 aromatic heterocycles. The average Bonchev–Trinajstić information content (AvgIpc) is 2.59. The maximum Gasteiger partial charge on any atom is 0.129 e. The molecule has 106 valence electrons. The minimum atomic E-state index is -0.649. The van der Waals surface area contributed by atoms with Gasteiger partial charge in [-0.1, -0.05) is 19.9 Å². The Bertz CT molecular complexity index is 455. The third kappa shape index (κ3) is 2.39. The molecule has 0 bridgehead atoms. The molecule has 1 aliphatic carbocycles.